The lowest BCUT2D eigenvalue weighted by Crippen LogP contribution is -2.50. The smallest absolute Gasteiger partial charge is 0.310 e. The van der Waals surface area contributed by atoms with Gasteiger partial charge in [0.05, 0.1) is 31.0 Å². The summed E-state index contributed by atoms with van der Waals surface area (Å²) in [4.78, 5) is 39.8. The Kier molecular flexibility index (Phi) is 7.68. The van der Waals surface area contributed by atoms with E-state index in [0.29, 0.717) is 30.2 Å². The van der Waals surface area contributed by atoms with Crippen molar-refractivity contribution in [3.63, 3.8) is 0 Å². The fourth-order valence-electron chi connectivity index (χ4n) is 5.14. The van der Waals surface area contributed by atoms with Gasteiger partial charge in [-0.2, -0.15) is 0 Å². The first kappa shape index (κ1) is 26.1. The number of hydrogen-bond acceptors (Lipinski definition) is 8. The number of ketones is 1. The lowest BCUT2D eigenvalue weighted by molar-refractivity contribution is -0.167. The van der Waals surface area contributed by atoms with E-state index in [9.17, 15) is 14.4 Å². The van der Waals surface area contributed by atoms with Crippen molar-refractivity contribution in [3.05, 3.63) is 46.8 Å². The van der Waals surface area contributed by atoms with E-state index in [1.165, 1.54) is 0 Å². The summed E-state index contributed by atoms with van der Waals surface area (Å²) in [7, 11) is -1.40. The Labute approximate surface area is 212 Å². The predicted octanol–water partition coefficient (Wildman–Crippen LogP) is 4.78. The highest BCUT2D eigenvalue weighted by atomic mass is 28.3. The Hall–Kier alpha value is -2.94. The molecule has 1 fully saturated rings. The fourth-order valence-corrected chi connectivity index (χ4v) is 5.85. The van der Waals surface area contributed by atoms with Crippen molar-refractivity contribution in [1.29, 1.82) is 0 Å². The molecule has 0 saturated heterocycles. The number of fused-ring (bicyclic) bond motifs is 2. The lowest BCUT2D eigenvalue weighted by Gasteiger charge is -2.46. The summed E-state index contributed by atoms with van der Waals surface area (Å²) in [6.45, 7) is 11.1. The number of aryl methyl sites for hydroxylation is 1. The number of aromatic nitrogens is 1. The largest absolute Gasteiger partial charge is 0.487 e. The molecule has 0 spiro atoms. The minimum atomic E-state index is -1.40. The quantitative estimate of drug-likeness (QED) is 0.330. The van der Waals surface area contributed by atoms with Gasteiger partial charge in [0.25, 0.3) is 0 Å². The van der Waals surface area contributed by atoms with E-state index >= 15 is 0 Å². The van der Waals surface area contributed by atoms with Crippen LogP contribution in [0, 0.1) is 18.8 Å². The second-order valence-electron chi connectivity index (χ2n) is 11.0. The number of carbonyl (C=O) groups excluding carboxylic acids is 3. The molecule has 9 heteroatoms. The second kappa shape index (κ2) is 10.6. The molecule has 3 aliphatic carbocycles. The normalized spacial score (nSPS) is 22.8. The first-order valence-electron chi connectivity index (χ1n) is 12.6. The monoisotopic (exact) mass is 513 g/mol. The molecule has 0 N–H and O–H groups in total. The summed E-state index contributed by atoms with van der Waals surface area (Å²) in [6, 6.07) is 8.17. The average molecular weight is 514 g/mol. The van der Waals surface area contributed by atoms with Gasteiger partial charge in [0.15, 0.2) is 0 Å². The summed E-state index contributed by atoms with van der Waals surface area (Å²) in [5.74, 6) is -2.56. The third-order valence-corrected chi connectivity index (χ3v) is 8.60. The van der Waals surface area contributed by atoms with E-state index in [1.807, 2.05) is 32.0 Å². The van der Waals surface area contributed by atoms with E-state index in [1.54, 1.807) is 6.07 Å². The van der Waals surface area contributed by atoms with Crippen LogP contribution < -0.4 is 4.74 Å². The maximum absolute atomic E-state index is 13.3. The van der Waals surface area contributed by atoms with Gasteiger partial charge in [0, 0.05) is 26.5 Å². The van der Waals surface area contributed by atoms with Crippen molar-refractivity contribution in [1.82, 2.24) is 5.16 Å². The molecular formula is C27H35NO7Si. The molecule has 5 rings (SSSR count). The van der Waals surface area contributed by atoms with Crippen LogP contribution in [0.15, 0.2) is 28.8 Å². The fraction of sp³-hybridized carbons (Fsp3) is 0.556. The molecule has 1 aromatic heterocycles. The molecule has 194 valence electrons. The molecule has 2 bridgehead atoms. The number of benzene rings is 1. The Morgan fingerprint density at radius 3 is 2.44 bits per heavy atom. The van der Waals surface area contributed by atoms with Gasteiger partial charge in [-0.15, -0.1) is 0 Å². The number of Topliss-reactive ketones (excluding diaryl/α,β-unsaturated/α-hetero) is 1. The molecule has 4 atom stereocenters. The highest BCUT2D eigenvalue weighted by Crippen LogP contribution is 2.55. The number of ether oxygens (including phenoxy) is 3. The second-order valence-corrected chi connectivity index (χ2v) is 16.6. The van der Waals surface area contributed by atoms with Crippen LogP contribution in [0.25, 0.3) is 0 Å². The minimum Gasteiger partial charge on any atom is -0.487 e. The summed E-state index contributed by atoms with van der Waals surface area (Å²) in [5.41, 5.74) is 2.29. The maximum atomic E-state index is 13.3. The molecule has 1 saturated carbocycles. The first-order chi connectivity index (χ1) is 17.1. The van der Waals surface area contributed by atoms with E-state index < -0.39 is 43.7 Å². The van der Waals surface area contributed by atoms with E-state index in [-0.39, 0.29) is 25.4 Å². The van der Waals surface area contributed by atoms with Gasteiger partial charge in [-0.05, 0) is 42.6 Å². The predicted molar refractivity (Wildman–Crippen MR) is 134 cm³/mol. The summed E-state index contributed by atoms with van der Waals surface area (Å²) >= 11 is 0. The van der Waals surface area contributed by atoms with Crippen molar-refractivity contribution in [2.75, 3.05) is 13.2 Å². The highest BCUT2D eigenvalue weighted by Gasteiger charge is 2.57. The van der Waals surface area contributed by atoms with Crippen LogP contribution in [0.3, 0.4) is 0 Å². The molecule has 36 heavy (non-hydrogen) atoms. The van der Waals surface area contributed by atoms with Gasteiger partial charge in [-0.3, -0.25) is 14.4 Å². The van der Waals surface area contributed by atoms with Crippen molar-refractivity contribution < 1.29 is 33.1 Å². The Bertz CT molecular complexity index is 1140. The van der Waals surface area contributed by atoms with Gasteiger partial charge in [0.2, 0.25) is 0 Å². The molecule has 1 aromatic carbocycles. The number of esters is 2. The van der Waals surface area contributed by atoms with Gasteiger partial charge in [0.1, 0.15) is 29.6 Å². The van der Waals surface area contributed by atoms with Gasteiger partial charge in [-0.25, -0.2) is 0 Å². The zero-order valence-corrected chi connectivity index (χ0v) is 22.7. The van der Waals surface area contributed by atoms with Crippen LogP contribution >= 0.6 is 0 Å². The van der Waals surface area contributed by atoms with Crippen LogP contribution in [0.4, 0.5) is 0 Å². The van der Waals surface area contributed by atoms with Gasteiger partial charge in [-0.1, -0.05) is 37.8 Å². The van der Waals surface area contributed by atoms with E-state index in [0.717, 1.165) is 17.2 Å². The Balaban J connectivity index is 1.62. The molecule has 2 unspecified atom stereocenters. The van der Waals surface area contributed by atoms with Crippen molar-refractivity contribution in [3.8, 4) is 5.75 Å². The highest BCUT2D eigenvalue weighted by molar-refractivity contribution is 6.76. The van der Waals surface area contributed by atoms with Crippen molar-refractivity contribution in [2.45, 2.75) is 70.8 Å². The number of nitrogens with zero attached hydrogens (tertiary/aromatic N) is 1. The van der Waals surface area contributed by atoms with Gasteiger partial charge >= 0.3 is 11.9 Å². The summed E-state index contributed by atoms with van der Waals surface area (Å²) in [5, 5.41) is 3.94. The molecular weight excluding hydrogens is 478 g/mol. The summed E-state index contributed by atoms with van der Waals surface area (Å²) in [6.07, 6.45) is 0.864. The maximum Gasteiger partial charge on any atom is 0.310 e. The zero-order chi connectivity index (χ0) is 26.0. The molecule has 3 aliphatic rings. The molecule has 8 nitrogen and oxygen atoms in total. The first-order valence-corrected chi connectivity index (χ1v) is 16.3. The molecule has 0 radical (unpaired) electrons. The molecule has 0 aliphatic heterocycles. The number of rotatable bonds is 10. The molecule has 0 amide bonds. The topological polar surface area (TPSA) is 105 Å². The third-order valence-electron chi connectivity index (χ3n) is 6.89. The van der Waals surface area contributed by atoms with Crippen LogP contribution in [0.2, 0.25) is 25.7 Å². The van der Waals surface area contributed by atoms with Crippen LogP contribution in [0.5, 0.6) is 5.75 Å². The third kappa shape index (κ3) is 5.56. The van der Waals surface area contributed by atoms with Crippen LogP contribution in [-0.4, -0.2) is 44.2 Å². The molecule has 2 aromatic rings. The van der Waals surface area contributed by atoms with E-state index in [2.05, 4.69) is 24.8 Å². The average Bonchev–Trinajstić information content (AvgIpc) is 3.24. The summed E-state index contributed by atoms with van der Waals surface area (Å²) < 4.78 is 22.2. The minimum absolute atomic E-state index is 0.0543. The van der Waals surface area contributed by atoms with Crippen molar-refractivity contribution in [2.24, 2.45) is 11.8 Å². The Morgan fingerprint density at radius 2 is 1.78 bits per heavy atom. The lowest BCUT2D eigenvalue weighted by atomic mass is 9.55. The Morgan fingerprint density at radius 1 is 1.06 bits per heavy atom. The molecule has 1 heterocycles. The van der Waals surface area contributed by atoms with Gasteiger partial charge < -0.3 is 18.7 Å². The SMILES string of the molecule is CCCOC(=O)[C@H]1C(C(=O)OCC[Si](C)(C)C)C2CC(=O)[C@H]1c1cc(OCc3cc(C)on3)ccc12. The number of hydrogen-bond donors (Lipinski definition) is 0. The standard InChI is InChI=1S/C27H35NO7Si/c1-6-9-32-27(31)25-23-20-13-18(34-15-17-12-16(2)35-28-17)7-8-19(20)21(14-22(23)29)24(25)26(30)33-10-11-36(3,4)5/h7-8,12-13,21,23-25H,6,9-11,14-15H2,1-5H3/t21?,23-,24?,25-/m1/s1. The van der Waals surface area contributed by atoms with Crippen LogP contribution in [-0.2, 0) is 30.5 Å². The number of carbonyl (C=O) groups is 3. The van der Waals surface area contributed by atoms with E-state index in [4.69, 9.17) is 18.7 Å². The van der Waals surface area contributed by atoms with Crippen molar-refractivity contribution >= 4 is 25.8 Å². The van der Waals surface area contributed by atoms with Crippen LogP contribution in [0.1, 0.15) is 54.2 Å². The zero-order valence-electron chi connectivity index (χ0n) is 21.7.